The van der Waals surface area contributed by atoms with Crippen LogP contribution < -0.4 is 4.90 Å². The molecular weight excluding hydrogens is 262 g/mol. The molecule has 1 heterocycles. The molecule has 0 saturated heterocycles. The van der Waals surface area contributed by atoms with E-state index in [1.54, 1.807) is 12.3 Å². The maximum Gasteiger partial charge on any atom is 0.0991 e. The summed E-state index contributed by atoms with van der Waals surface area (Å²) < 4.78 is 0. The Labute approximate surface area is 125 Å². The van der Waals surface area contributed by atoms with Crippen LogP contribution in [-0.4, -0.2) is 17.1 Å². The van der Waals surface area contributed by atoms with E-state index in [4.69, 9.17) is 5.26 Å². The molecule has 0 amide bonds. The van der Waals surface area contributed by atoms with Gasteiger partial charge in [0.2, 0.25) is 0 Å². The number of hydrogen-bond acceptors (Lipinski definition) is 4. The molecule has 1 aromatic heterocycles. The molecule has 4 heteroatoms. The van der Waals surface area contributed by atoms with E-state index in [1.807, 2.05) is 44.3 Å². The lowest BCUT2D eigenvalue weighted by Gasteiger charge is -2.19. The van der Waals surface area contributed by atoms with Gasteiger partial charge >= 0.3 is 0 Å². The van der Waals surface area contributed by atoms with Crippen LogP contribution in [0.3, 0.4) is 0 Å². The van der Waals surface area contributed by atoms with Crippen LogP contribution >= 0.6 is 0 Å². The second kappa shape index (κ2) is 6.87. The van der Waals surface area contributed by atoms with Crippen molar-refractivity contribution < 1.29 is 5.11 Å². The SMILES string of the molecule is CCC(O)c1ccc(N(C)Cc2cccc(C#N)c2)cn1. The topological polar surface area (TPSA) is 60.1 Å². The van der Waals surface area contributed by atoms with E-state index in [-0.39, 0.29) is 0 Å². The first-order valence-electron chi connectivity index (χ1n) is 6.98. The fourth-order valence-corrected chi connectivity index (χ4v) is 2.13. The van der Waals surface area contributed by atoms with E-state index in [1.165, 1.54) is 0 Å². The summed E-state index contributed by atoms with van der Waals surface area (Å²) in [7, 11) is 1.98. The summed E-state index contributed by atoms with van der Waals surface area (Å²) in [5.74, 6) is 0. The Morgan fingerprint density at radius 2 is 2.14 bits per heavy atom. The number of nitriles is 1. The van der Waals surface area contributed by atoms with Gasteiger partial charge in [-0.05, 0) is 36.2 Å². The van der Waals surface area contributed by atoms with Crippen molar-refractivity contribution in [3.05, 3.63) is 59.4 Å². The second-order valence-electron chi connectivity index (χ2n) is 5.03. The fourth-order valence-electron chi connectivity index (χ4n) is 2.13. The molecule has 1 N–H and O–H groups in total. The van der Waals surface area contributed by atoms with Gasteiger partial charge in [-0.25, -0.2) is 0 Å². The van der Waals surface area contributed by atoms with Crippen molar-refractivity contribution >= 4 is 5.69 Å². The largest absolute Gasteiger partial charge is 0.387 e. The second-order valence-corrected chi connectivity index (χ2v) is 5.03. The van der Waals surface area contributed by atoms with Crippen LogP contribution in [0.2, 0.25) is 0 Å². The van der Waals surface area contributed by atoms with Gasteiger partial charge in [0.15, 0.2) is 0 Å². The van der Waals surface area contributed by atoms with Crippen LogP contribution in [0.1, 0.15) is 36.3 Å². The average Bonchev–Trinajstić information content (AvgIpc) is 2.54. The van der Waals surface area contributed by atoms with E-state index in [0.717, 1.165) is 11.3 Å². The Balaban J connectivity index is 2.09. The van der Waals surface area contributed by atoms with Gasteiger partial charge in [0.25, 0.3) is 0 Å². The fraction of sp³-hybridized carbons (Fsp3) is 0.294. The molecule has 1 atom stereocenters. The number of aliphatic hydroxyl groups is 1. The summed E-state index contributed by atoms with van der Waals surface area (Å²) in [6.45, 7) is 2.63. The molecule has 0 saturated carbocycles. The molecule has 0 fully saturated rings. The molecule has 1 unspecified atom stereocenters. The molecule has 108 valence electrons. The van der Waals surface area contributed by atoms with Gasteiger partial charge in [-0.15, -0.1) is 0 Å². The summed E-state index contributed by atoms with van der Waals surface area (Å²) in [4.78, 5) is 6.36. The monoisotopic (exact) mass is 281 g/mol. The highest BCUT2D eigenvalue weighted by Crippen LogP contribution is 2.19. The van der Waals surface area contributed by atoms with Crippen molar-refractivity contribution in [3.63, 3.8) is 0 Å². The Bertz CT molecular complexity index is 631. The number of hydrogen-bond donors (Lipinski definition) is 1. The molecule has 0 aliphatic carbocycles. The van der Waals surface area contributed by atoms with Crippen molar-refractivity contribution in [3.8, 4) is 6.07 Å². The molecule has 0 radical (unpaired) electrons. The maximum absolute atomic E-state index is 9.74. The van der Waals surface area contributed by atoms with Crippen molar-refractivity contribution in [1.29, 1.82) is 5.26 Å². The van der Waals surface area contributed by atoms with Crippen LogP contribution in [-0.2, 0) is 6.54 Å². The summed E-state index contributed by atoms with van der Waals surface area (Å²) in [6.07, 6.45) is 1.92. The summed E-state index contributed by atoms with van der Waals surface area (Å²) in [5, 5.41) is 18.7. The molecule has 1 aromatic carbocycles. The standard InChI is InChI=1S/C17H19N3O/c1-3-17(21)16-8-7-15(11-19-16)20(2)12-14-6-4-5-13(9-14)10-18/h4-9,11,17,21H,3,12H2,1-2H3. The molecule has 0 spiro atoms. The minimum Gasteiger partial charge on any atom is -0.387 e. The van der Waals surface area contributed by atoms with E-state index in [2.05, 4.69) is 16.0 Å². The maximum atomic E-state index is 9.74. The number of nitrogens with zero attached hydrogens (tertiary/aromatic N) is 3. The molecule has 2 rings (SSSR count). The lowest BCUT2D eigenvalue weighted by atomic mass is 10.1. The minimum absolute atomic E-state index is 0.503. The predicted octanol–water partition coefficient (Wildman–Crippen LogP) is 3.03. The molecular formula is C17H19N3O. The van der Waals surface area contributed by atoms with Crippen molar-refractivity contribution in [2.45, 2.75) is 26.0 Å². The first-order chi connectivity index (χ1) is 10.1. The summed E-state index contributed by atoms with van der Waals surface area (Å²) in [6, 6.07) is 13.5. The third-order valence-corrected chi connectivity index (χ3v) is 3.42. The van der Waals surface area contributed by atoms with Crippen LogP contribution in [0, 0.1) is 11.3 Å². The zero-order valence-corrected chi connectivity index (χ0v) is 12.3. The Kier molecular flexibility index (Phi) is 4.91. The van der Waals surface area contributed by atoms with Gasteiger partial charge in [-0.3, -0.25) is 4.98 Å². The lowest BCUT2D eigenvalue weighted by Crippen LogP contribution is -2.16. The zero-order valence-electron chi connectivity index (χ0n) is 12.3. The summed E-state index contributed by atoms with van der Waals surface area (Å²) >= 11 is 0. The highest BCUT2D eigenvalue weighted by atomic mass is 16.3. The molecule has 0 bridgehead atoms. The van der Waals surface area contributed by atoms with Crippen molar-refractivity contribution in [2.24, 2.45) is 0 Å². The Morgan fingerprint density at radius 3 is 2.76 bits per heavy atom. The number of anilines is 1. The van der Waals surface area contributed by atoms with Crippen LogP contribution in [0.4, 0.5) is 5.69 Å². The van der Waals surface area contributed by atoms with E-state index < -0.39 is 6.10 Å². The quantitative estimate of drug-likeness (QED) is 0.915. The zero-order chi connectivity index (χ0) is 15.2. The molecule has 0 aliphatic rings. The first kappa shape index (κ1) is 15.0. The molecule has 21 heavy (non-hydrogen) atoms. The highest BCUT2D eigenvalue weighted by Gasteiger charge is 2.08. The van der Waals surface area contributed by atoms with Crippen LogP contribution in [0.15, 0.2) is 42.6 Å². The van der Waals surface area contributed by atoms with Gasteiger partial charge in [-0.2, -0.15) is 5.26 Å². The number of aromatic nitrogens is 1. The van der Waals surface area contributed by atoms with Gasteiger partial charge in [0, 0.05) is 13.6 Å². The smallest absolute Gasteiger partial charge is 0.0991 e. The van der Waals surface area contributed by atoms with Crippen LogP contribution in [0.25, 0.3) is 0 Å². The normalized spacial score (nSPS) is 11.7. The highest BCUT2D eigenvalue weighted by molar-refractivity contribution is 5.45. The van der Waals surface area contributed by atoms with Gasteiger partial charge in [0.05, 0.1) is 35.3 Å². The first-order valence-corrected chi connectivity index (χ1v) is 6.98. The Morgan fingerprint density at radius 1 is 1.33 bits per heavy atom. The Hall–Kier alpha value is -2.38. The number of pyridine rings is 1. The van der Waals surface area contributed by atoms with E-state index in [0.29, 0.717) is 24.2 Å². The van der Waals surface area contributed by atoms with E-state index in [9.17, 15) is 5.11 Å². The summed E-state index contributed by atoms with van der Waals surface area (Å²) in [5.41, 5.74) is 3.42. The number of benzene rings is 1. The van der Waals surface area contributed by atoms with E-state index >= 15 is 0 Å². The minimum atomic E-state index is -0.503. The number of aliphatic hydroxyl groups excluding tert-OH is 1. The number of rotatable bonds is 5. The predicted molar refractivity (Wildman–Crippen MR) is 82.8 cm³/mol. The molecule has 4 nitrogen and oxygen atoms in total. The van der Waals surface area contributed by atoms with Gasteiger partial charge in [0.1, 0.15) is 0 Å². The molecule has 2 aromatic rings. The third kappa shape index (κ3) is 3.80. The van der Waals surface area contributed by atoms with Gasteiger partial charge < -0.3 is 10.0 Å². The van der Waals surface area contributed by atoms with Crippen LogP contribution in [0.5, 0.6) is 0 Å². The third-order valence-electron chi connectivity index (χ3n) is 3.42. The van der Waals surface area contributed by atoms with Gasteiger partial charge in [-0.1, -0.05) is 19.1 Å². The average molecular weight is 281 g/mol. The van der Waals surface area contributed by atoms with Crippen molar-refractivity contribution in [1.82, 2.24) is 4.98 Å². The lowest BCUT2D eigenvalue weighted by molar-refractivity contribution is 0.169. The molecule has 0 aliphatic heterocycles. The van der Waals surface area contributed by atoms with Crippen molar-refractivity contribution in [2.75, 3.05) is 11.9 Å².